The van der Waals surface area contributed by atoms with Gasteiger partial charge in [-0.1, -0.05) is 24.6 Å². The van der Waals surface area contributed by atoms with E-state index >= 15 is 0 Å². The molecule has 2 heterocycles. The summed E-state index contributed by atoms with van der Waals surface area (Å²) in [5.74, 6) is -0.231. The zero-order valence-corrected chi connectivity index (χ0v) is 20.4. The maximum Gasteiger partial charge on any atom is 0.573 e. The third kappa shape index (κ3) is 5.76. The summed E-state index contributed by atoms with van der Waals surface area (Å²) in [4.78, 5) is 16.0. The predicted molar refractivity (Wildman–Crippen MR) is 134 cm³/mol. The van der Waals surface area contributed by atoms with Gasteiger partial charge in [0.2, 0.25) is 0 Å². The number of nitrogens with one attached hydrogen (secondary N) is 1. The molecule has 0 spiro atoms. The highest BCUT2D eigenvalue weighted by Crippen LogP contribution is 2.28. The van der Waals surface area contributed by atoms with E-state index in [9.17, 15) is 18.0 Å². The van der Waals surface area contributed by atoms with Crippen molar-refractivity contribution in [3.63, 3.8) is 0 Å². The highest BCUT2D eigenvalue weighted by atomic mass is 19.4. The Bertz CT molecular complexity index is 1280. The van der Waals surface area contributed by atoms with Gasteiger partial charge in [0.25, 0.3) is 5.56 Å². The number of hydrogen-bond acceptors (Lipinski definition) is 4. The van der Waals surface area contributed by atoms with Crippen LogP contribution in [0.5, 0.6) is 5.75 Å². The molecule has 0 unspecified atom stereocenters. The Hall–Kier alpha value is -2.84. The number of alkyl halides is 3. The Balaban J connectivity index is 1.39. The number of para-hydroxylation sites is 1. The fourth-order valence-electron chi connectivity index (χ4n) is 5.49. The van der Waals surface area contributed by atoms with Gasteiger partial charge in [-0.15, -0.1) is 13.2 Å². The Labute approximate surface area is 208 Å². The van der Waals surface area contributed by atoms with E-state index in [0.717, 1.165) is 49.8 Å². The van der Waals surface area contributed by atoms with Crippen molar-refractivity contribution in [2.45, 2.75) is 64.5 Å². The lowest BCUT2D eigenvalue weighted by atomic mass is 10.0. The first-order chi connectivity index (χ1) is 17.4. The molecular weight excluding hydrogens is 467 g/mol. The number of hydrogen-bond donors (Lipinski definition) is 1. The average Bonchev–Trinajstić information content (AvgIpc) is 3.31. The minimum atomic E-state index is -4.75. The fraction of sp³-hybridized carbons (Fsp3) is 0.464. The van der Waals surface area contributed by atoms with E-state index in [2.05, 4.69) is 27.1 Å². The molecule has 2 aliphatic rings. The van der Waals surface area contributed by atoms with Crippen molar-refractivity contribution in [2.75, 3.05) is 19.6 Å². The third-order valence-corrected chi connectivity index (χ3v) is 7.30. The van der Waals surface area contributed by atoms with Crippen LogP contribution in [-0.2, 0) is 32.5 Å². The van der Waals surface area contributed by atoms with Crippen LogP contribution < -0.4 is 15.6 Å². The minimum Gasteiger partial charge on any atom is -0.405 e. The zero-order valence-electron chi connectivity index (χ0n) is 20.4. The molecule has 1 aromatic heterocycles. The second-order valence-electron chi connectivity index (χ2n) is 9.82. The van der Waals surface area contributed by atoms with Crippen LogP contribution in [0.4, 0.5) is 13.2 Å². The van der Waals surface area contributed by atoms with Crippen LogP contribution >= 0.6 is 0 Å². The number of ether oxygens (including phenoxy) is 1. The molecule has 8 heteroatoms. The molecule has 0 amide bonds. The van der Waals surface area contributed by atoms with Crippen molar-refractivity contribution in [1.29, 1.82) is 0 Å². The Kier molecular flexibility index (Phi) is 7.34. The highest BCUT2D eigenvalue weighted by Gasteiger charge is 2.32. The van der Waals surface area contributed by atoms with E-state index in [1.165, 1.54) is 42.5 Å². The first-order valence-electron chi connectivity index (χ1n) is 12.8. The number of halogens is 3. The van der Waals surface area contributed by atoms with Crippen LogP contribution in [0, 0.1) is 0 Å². The lowest BCUT2D eigenvalue weighted by Gasteiger charge is -2.27. The third-order valence-electron chi connectivity index (χ3n) is 7.30. The van der Waals surface area contributed by atoms with Gasteiger partial charge < -0.3 is 19.5 Å². The van der Waals surface area contributed by atoms with Crippen molar-refractivity contribution < 1.29 is 17.9 Å². The van der Waals surface area contributed by atoms with Gasteiger partial charge in [-0.3, -0.25) is 4.79 Å². The number of fused-ring (bicyclic) bond motifs is 2. The molecule has 0 atom stereocenters. The number of likely N-dealkylation sites (tertiary alicyclic amines) is 1. The lowest BCUT2D eigenvalue weighted by Crippen LogP contribution is -2.36. The Morgan fingerprint density at radius 3 is 2.36 bits per heavy atom. The van der Waals surface area contributed by atoms with E-state index in [1.54, 1.807) is 12.1 Å². The summed E-state index contributed by atoms with van der Waals surface area (Å²) in [5, 5.41) is 4.21. The summed E-state index contributed by atoms with van der Waals surface area (Å²) in [5.41, 5.74) is 4.63. The van der Waals surface area contributed by atoms with Gasteiger partial charge in [0.05, 0.1) is 5.52 Å². The van der Waals surface area contributed by atoms with Crippen LogP contribution in [0.25, 0.3) is 10.9 Å². The van der Waals surface area contributed by atoms with E-state index in [0.29, 0.717) is 17.7 Å². The molecule has 2 aromatic carbocycles. The number of aromatic nitrogens is 1. The molecule has 5 nitrogen and oxygen atoms in total. The van der Waals surface area contributed by atoms with Gasteiger partial charge in [-0.25, -0.2) is 0 Å². The number of nitrogens with zero attached hydrogens (tertiary/aromatic N) is 2. The molecule has 0 bridgehead atoms. The summed E-state index contributed by atoms with van der Waals surface area (Å²) in [6.45, 7) is 4.03. The minimum absolute atomic E-state index is 0.0372. The summed E-state index contributed by atoms with van der Waals surface area (Å²) in [6, 6.07) is 12.4. The first-order valence-corrected chi connectivity index (χ1v) is 12.8. The summed E-state index contributed by atoms with van der Waals surface area (Å²) >= 11 is 0. The van der Waals surface area contributed by atoms with E-state index in [1.807, 2.05) is 10.6 Å². The Morgan fingerprint density at radius 2 is 1.58 bits per heavy atom. The number of aryl methyl sites for hydroxylation is 2. The topological polar surface area (TPSA) is 46.5 Å². The quantitative estimate of drug-likeness (QED) is 0.465. The van der Waals surface area contributed by atoms with Gasteiger partial charge in [-0.2, -0.15) is 0 Å². The van der Waals surface area contributed by atoms with Crippen LogP contribution in [0.2, 0.25) is 0 Å². The fourth-order valence-corrected chi connectivity index (χ4v) is 5.49. The largest absolute Gasteiger partial charge is 0.573 e. The SMILES string of the molecule is O=c1c(CNCc2ccccc2OC(F)(F)F)cc2cc3c(cc2n1CCN1CCCCC1)CCC3. The van der Waals surface area contributed by atoms with Gasteiger partial charge >= 0.3 is 6.36 Å². The van der Waals surface area contributed by atoms with Crippen molar-refractivity contribution in [2.24, 2.45) is 0 Å². The second kappa shape index (κ2) is 10.6. The maximum atomic E-state index is 13.6. The average molecular weight is 500 g/mol. The van der Waals surface area contributed by atoms with Gasteiger partial charge in [0.15, 0.2) is 0 Å². The molecule has 1 saturated heterocycles. The first kappa shape index (κ1) is 24.8. The van der Waals surface area contributed by atoms with Crippen LogP contribution in [0.15, 0.2) is 47.3 Å². The lowest BCUT2D eigenvalue weighted by molar-refractivity contribution is -0.274. The number of benzene rings is 2. The number of rotatable bonds is 8. The van der Waals surface area contributed by atoms with Crippen LogP contribution in [0.3, 0.4) is 0 Å². The predicted octanol–water partition coefficient (Wildman–Crippen LogP) is 5.16. The normalized spacial score (nSPS) is 16.4. The molecule has 1 aliphatic carbocycles. The van der Waals surface area contributed by atoms with Crippen molar-refractivity contribution in [3.8, 4) is 5.75 Å². The molecule has 5 rings (SSSR count). The molecule has 1 N–H and O–H groups in total. The monoisotopic (exact) mass is 499 g/mol. The summed E-state index contributed by atoms with van der Waals surface area (Å²) < 4.78 is 44.4. The molecule has 36 heavy (non-hydrogen) atoms. The molecule has 192 valence electrons. The van der Waals surface area contributed by atoms with E-state index in [-0.39, 0.29) is 24.4 Å². The molecular formula is C28H32F3N3O2. The van der Waals surface area contributed by atoms with E-state index < -0.39 is 6.36 Å². The standard InChI is InChI=1S/C28H32F3N3O2/c29-28(30,31)36-26-10-3-2-7-22(26)18-32-19-24-16-23-15-20-8-6-9-21(20)17-25(23)34(27(24)35)14-13-33-11-4-1-5-12-33/h2-3,7,10,15-17,32H,1,4-6,8-9,11-14,18-19H2. The highest BCUT2D eigenvalue weighted by molar-refractivity contribution is 5.82. The molecule has 1 fully saturated rings. The van der Waals surface area contributed by atoms with Gasteiger partial charge in [0, 0.05) is 37.3 Å². The van der Waals surface area contributed by atoms with Crippen molar-refractivity contribution >= 4 is 10.9 Å². The number of pyridine rings is 1. The van der Waals surface area contributed by atoms with Gasteiger partial charge in [0.1, 0.15) is 5.75 Å². The molecule has 0 radical (unpaired) electrons. The smallest absolute Gasteiger partial charge is 0.405 e. The molecule has 1 aliphatic heterocycles. The van der Waals surface area contributed by atoms with Crippen LogP contribution in [0.1, 0.15) is 47.9 Å². The zero-order chi connectivity index (χ0) is 25.1. The summed E-state index contributed by atoms with van der Waals surface area (Å²) in [7, 11) is 0. The summed E-state index contributed by atoms with van der Waals surface area (Å²) in [6.07, 6.45) is 2.16. The Morgan fingerprint density at radius 1 is 0.861 bits per heavy atom. The maximum absolute atomic E-state index is 13.6. The van der Waals surface area contributed by atoms with Crippen LogP contribution in [-0.4, -0.2) is 35.5 Å². The second-order valence-corrected chi connectivity index (χ2v) is 9.82. The number of piperidine rings is 1. The van der Waals surface area contributed by atoms with E-state index in [4.69, 9.17) is 0 Å². The molecule has 0 saturated carbocycles. The molecule has 3 aromatic rings. The van der Waals surface area contributed by atoms with Crippen molar-refractivity contribution in [1.82, 2.24) is 14.8 Å². The van der Waals surface area contributed by atoms with Crippen molar-refractivity contribution in [3.05, 3.63) is 75.1 Å². The van der Waals surface area contributed by atoms with Gasteiger partial charge in [-0.05, 0) is 86.0 Å².